The molecule has 2 aromatic carbocycles. The Hall–Kier alpha value is -3.43. The summed E-state index contributed by atoms with van der Waals surface area (Å²) >= 11 is 0. The first kappa shape index (κ1) is 19.3. The number of sulfonamides is 1. The van der Waals surface area contributed by atoms with Crippen LogP contribution in [0.25, 0.3) is 6.08 Å². The molecule has 1 saturated heterocycles. The van der Waals surface area contributed by atoms with Crippen LogP contribution in [0.4, 0.5) is 5.69 Å². The van der Waals surface area contributed by atoms with E-state index in [9.17, 15) is 18.0 Å². The van der Waals surface area contributed by atoms with Crippen molar-refractivity contribution in [3.63, 3.8) is 0 Å². The van der Waals surface area contributed by atoms with Crippen LogP contribution in [0.5, 0.6) is 5.75 Å². The van der Waals surface area contributed by atoms with Gasteiger partial charge in [0.05, 0.1) is 10.6 Å². The van der Waals surface area contributed by atoms with Gasteiger partial charge in [-0.05, 0) is 36.4 Å². The van der Waals surface area contributed by atoms with Gasteiger partial charge in [0.2, 0.25) is 10.0 Å². The van der Waals surface area contributed by atoms with E-state index in [0.29, 0.717) is 17.0 Å². The molecular weight excluding hydrogens is 382 g/mol. The van der Waals surface area contributed by atoms with Crippen molar-refractivity contribution in [3.05, 3.63) is 72.3 Å². The molecule has 1 aliphatic rings. The summed E-state index contributed by atoms with van der Waals surface area (Å²) in [5.41, 5.74) is 3.23. The van der Waals surface area contributed by atoms with Crippen LogP contribution in [0.15, 0.2) is 71.7 Å². The number of hydrogen-bond acceptors (Lipinski definition) is 5. The molecule has 1 fully saturated rings. The molecule has 3 rings (SSSR count). The van der Waals surface area contributed by atoms with E-state index in [1.165, 1.54) is 30.3 Å². The number of hydrogen-bond donors (Lipinski definition) is 2. The van der Waals surface area contributed by atoms with Gasteiger partial charge in [0.1, 0.15) is 17.9 Å². The van der Waals surface area contributed by atoms with Crippen LogP contribution in [-0.4, -0.2) is 26.8 Å². The van der Waals surface area contributed by atoms with Crippen LogP contribution in [0.1, 0.15) is 5.56 Å². The van der Waals surface area contributed by atoms with Crippen molar-refractivity contribution in [1.82, 2.24) is 5.43 Å². The minimum Gasteiger partial charge on any atom is -0.489 e. The molecule has 8 nitrogen and oxygen atoms in total. The van der Waals surface area contributed by atoms with Crippen LogP contribution < -0.4 is 20.3 Å². The molecule has 0 aromatic heterocycles. The number of para-hydroxylation sites is 1. The number of primary sulfonamides is 1. The summed E-state index contributed by atoms with van der Waals surface area (Å²) in [5, 5.41) is 6.10. The van der Waals surface area contributed by atoms with Crippen LogP contribution >= 0.6 is 0 Å². The molecule has 0 spiro atoms. The summed E-state index contributed by atoms with van der Waals surface area (Å²) in [6.07, 6.45) is 3.03. The highest BCUT2D eigenvalue weighted by Gasteiger charge is 2.34. The first-order valence-electron chi connectivity index (χ1n) is 8.14. The summed E-state index contributed by atoms with van der Waals surface area (Å²) in [6.45, 7) is 3.87. The second kappa shape index (κ2) is 7.67. The predicted octanol–water partition coefficient (Wildman–Crippen LogP) is 1.36. The van der Waals surface area contributed by atoms with Gasteiger partial charge in [0, 0.05) is 5.56 Å². The van der Waals surface area contributed by atoms with Crippen molar-refractivity contribution in [2.75, 3.05) is 11.6 Å². The lowest BCUT2D eigenvalue weighted by Crippen LogP contribution is -2.35. The quantitative estimate of drug-likeness (QED) is 0.432. The lowest BCUT2D eigenvalue weighted by atomic mass is 10.1. The normalized spacial score (nSPS) is 15.6. The summed E-state index contributed by atoms with van der Waals surface area (Å²) in [5.74, 6) is -0.655. The zero-order valence-corrected chi connectivity index (χ0v) is 15.5. The molecule has 3 N–H and O–H groups in total. The van der Waals surface area contributed by atoms with Gasteiger partial charge in [-0.3, -0.25) is 15.0 Å². The topological polar surface area (TPSA) is 119 Å². The first-order valence-corrected chi connectivity index (χ1v) is 9.68. The molecular formula is C19H17N3O5S. The van der Waals surface area contributed by atoms with E-state index >= 15 is 0 Å². The molecule has 2 aromatic rings. The third-order valence-electron chi connectivity index (χ3n) is 3.89. The van der Waals surface area contributed by atoms with E-state index in [4.69, 9.17) is 9.88 Å². The van der Waals surface area contributed by atoms with Crippen molar-refractivity contribution >= 4 is 33.6 Å². The maximum atomic E-state index is 12.7. The van der Waals surface area contributed by atoms with Gasteiger partial charge in [-0.25, -0.2) is 18.6 Å². The molecule has 2 amide bonds. The van der Waals surface area contributed by atoms with Gasteiger partial charge in [-0.1, -0.05) is 30.9 Å². The Bertz CT molecular complexity index is 1080. The Labute approximate surface area is 161 Å². The average molecular weight is 399 g/mol. The standard InChI is InChI=1S/C19H17N3O5S/c1-2-11-27-17-6-4-3-5-13(17)12-16-18(23)21-22(19(16)24)14-7-9-15(10-8-14)28(20,25)26/h2-10,12H,1,11H2,(H,21,23)(H2,20,25,26)/b16-12+. The van der Waals surface area contributed by atoms with Crippen LogP contribution in [-0.2, 0) is 19.6 Å². The Morgan fingerprint density at radius 2 is 1.79 bits per heavy atom. The smallest absolute Gasteiger partial charge is 0.282 e. The Morgan fingerprint density at radius 3 is 2.43 bits per heavy atom. The molecule has 1 heterocycles. The summed E-state index contributed by atoms with van der Waals surface area (Å²) in [4.78, 5) is 24.9. The number of carbonyl (C=O) groups excluding carboxylic acids is 2. The van der Waals surface area contributed by atoms with E-state index in [1.54, 1.807) is 30.3 Å². The monoisotopic (exact) mass is 399 g/mol. The van der Waals surface area contributed by atoms with E-state index in [1.807, 2.05) is 0 Å². The Balaban J connectivity index is 1.90. The highest BCUT2D eigenvalue weighted by molar-refractivity contribution is 7.89. The van der Waals surface area contributed by atoms with Crippen molar-refractivity contribution in [2.24, 2.45) is 5.14 Å². The van der Waals surface area contributed by atoms with Crippen molar-refractivity contribution in [2.45, 2.75) is 4.90 Å². The fourth-order valence-electron chi connectivity index (χ4n) is 2.56. The fraction of sp³-hybridized carbons (Fsp3) is 0.0526. The van der Waals surface area contributed by atoms with Crippen LogP contribution in [0.3, 0.4) is 0 Å². The Kier molecular flexibility index (Phi) is 5.30. The van der Waals surface area contributed by atoms with E-state index in [-0.39, 0.29) is 17.1 Å². The van der Waals surface area contributed by atoms with Gasteiger partial charge in [-0.2, -0.15) is 0 Å². The van der Waals surface area contributed by atoms with E-state index < -0.39 is 21.8 Å². The van der Waals surface area contributed by atoms with Gasteiger partial charge < -0.3 is 4.74 Å². The van der Waals surface area contributed by atoms with Crippen molar-refractivity contribution < 1.29 is 22.7 Å². The van der Waals surface area contributed by atoms with Gasteiger partial charge >= 0.3 is 0 Å². The lowest BCUT2D eigenvalue weighted by molar-refractivity contribution is -0.117. The predicted molar refractivity (Wildman–Crippen MR) is 104 cm³/mol. The molecule has 0 saturated carbocycles. The molecule has 9 heteroatoms. The zero-order valence-electron chi connectivity index (χ0n) is 14.7. The molecule has 0 aliphatic carbocycles. The molecule has 0 unspecified atom stereocenters. The number of anilines is 1. The van der Waals surface area contributed by atoms with Crippen molar-refractivity contribution in [1.29, 1.82) is 0 Å². The van der Waals surface area contributed by atoms with E-state index in [0.717, 1.165) is 5.01 Å². The number of nitrogens with one attached hydrogen (secondary N) is 1. The summed E-state index contributed by atoms with van der Waals surface area (Å²) < 4.78 is 28.2. The first-order chi connectivity index (χ1) is 13.3. The number of carbonyl (C=O) groups is 2. The summed E-state index contributed by atoms with van der Waals surface area (Å²) in [6, 6.07) is 12.2. The largest absolute Gasteiger partial charge is 0.489 e. The molecule has 0 radical (unpaired) electrons. The van der Waals surface area contributed by atoms with Crippen LogP contribution in [0, 0.1) is 0 Å². The van der Waals surface area contributed by atoms with Crippen molar-refractivity contribution in [3.8, 4) is 5.75 Å². The highest BCUT2D eigenvalue weighted by Crippen LogP contribution is 2.26. The number of rotatable bonds is 6. The minimum absolute atomic E-state index is 0.0785. The zero-order chi connectivity index (χ0) is 20.3. The molecule has 144 valence electrons. The highest BCUT2D eigenvalue weighted by atomic mass is 32.2. The maximum Gasteiger partial charge on any atom is 0.282 e. The number of benzene rings is 2. The average Bonchev–Trinajstić information content (AvgIpc) is 2.95. The minimum atomic E-state index is -3.85. The molecule has 0 bridgehead atoms. The lowest BCUT2D eigenvalue weighted by Gasteiger charge is -2.14. The summed E-state index contributed by atoms with van der Waals surface area (Å²) in [7, 11) is -3.85. The molecule has 1 aliphatic heterocycles. The molecule has 28 heavy (non-hydrogen) atoms. The third-order valence-corrected chi connectivity index (χ3v) is 4.82. The third kappa shape index (κ3) is 3.95. The van der Waals surface area contributed by atoms with E-state index in [2.05, 4.69) is 12.0 Å². The number of amides is 2. The maximum absolute atomic E-state index is 12.7. The van der Waals surface area contributed by atoms with Gasteiger partial charge in [0.25, 0.3) is 11.8 Å². The van der Waals surface area contributed by atoms with Gasteiger partial charge in [-0.15, -0.1) is 0 Å². The second-order valence-electron chi connectivity index (χ2n) is 5.82. The number of hydrazine groups is 1. The Morgan fingerprint density at radius 1 is 1.11 bits per heavy atom. The van der Waals surface area contributed by atoms with Gasteiger partial charge in [0.15, 0.2) is 0 Å². The fourth-order valence-corrected chi connectivity index (χ4v) is 3.07. The number of ether oxygens (including phenoxy) is 1. The second-order valence-corrected chi connectivity index (χ2v) is 7.38. The molecule has 0 atom stereocenters. The van der Waals surface area contributed by atoms with Crippen LogP contribution in [0.2, 0.25) is 0 Å². The number of nitrogens with zero attached hydrogens (tertiary/aromatic N) is 1. The number of nitrogens with two attached hydrogens (primary N) is 1. The SMILES string of the molecule is C=CCOc1ccccc1/C=C1\C(=O)NN(c2ccc(S(N)(=O)=O)cc2)C1=O.